The van der Waals surface area contributed by atoms with Crippen molar-refractivity contribution >= 4 is 23.1 Å². The van der Waals surface area contributed by atoms with E-state index in [9.17, 15) is 4.79 Å². The zero-order valence-electron chi connectivity index (χ0n) is 8.72. The molecular formula is C12H14ClNO. The SMILES string of the molecule is CC(Cl)C(=O)c1ccc2c(c1)NCCC2. The highest BCUT2D eigenvalue weighted by molar-refractivity contribution is 6.33. The highest BCUT2D eigenvalue weighted by atomic mass is 35.5. The minimum absolute atomic E-state index is 0.00756. The molecule has 0 amide bonds. The van der Waals surface area contributed by atoms with Gasteiger partial charge in [-0.2, -0.15) is 0 Å². The fourth-order valence-electron chi connectivity index (χ4n) is 1.84. The molecule has 0 aliphatic carbocycles. The standard InChI is InChI=1S/C12H14ClNO/c1-8(13)12(15)10-5-4-9-3-2-6-14-11(9)7-10/h4-5,7-8,14H,2-3,6H2,1H3. The number of carbonyl (C=O) groups is 1. The van der Waals surface area contributed by atoms with Crippen molar-refractivity contribution in [2.24, 2.45) is 0 Å². The Morgan fingerprint density at radius 1 is 1.53 bits per heavy atom. The first-order chi connectivity index (χ1) is 7.18. The Kier molecular flexibility index (Phi) is 2.96. The molecule has 80 valence electrons. The summed E-state index contributed by atoms with van der Waals surface area (Å²) >= 11 is 5.78. The summed E-state index contributed by atoms with van der Waals surface area (Å²) in [5.74, 6) is -0.00756. The van der Waals surface area contributed by atoms with E-state index >= 15 is 0 Å². The van der Waals surface area contributed by atoms with Gasteiger partial charge in [0, 0.05) is 17.8 Å². The summed E-state index contributed by atoms with van der Waals surface area (Å²) in [4.78, 5) is 11.7. The lowest BCUT2D eigenvalue weighted by Crippen LogP contribution is -2.15. The number of rotatable bonds is 2. The number of carbonyl (C=O) groups excluding carboxylic acids is 1. The molecule has 1 aliphatic rings. The lowest BCUT2D eigenvalue weighted by molar-refractivity contribution is 0.0992. The summed E-state index contributed by atoms with van der Waals surface area (Å²) in [5.41, 5.74) is 3.08. The van der Waals surface area contributed by atoms with Crippen LogP contribution >= 0.6 is 11.6 Å². The summed E-state index contributed by atoms with van der Waals surface area (Å²) in [7, 11) is 0. The van der Waals surface area contributed by atoms with E-state index in [1.54, 1.807) is 6.92 Å². The van der Waals surface area contributed by atoms with Crippen LogP contribution in [-0.4, -0.2) is 17.7 Å². The van der Waals surface area contributed by atoms with Crippen LogP contribution in [0.4, 0.5) is 5.69 Å². The molecule has 1 atom stereocenters. The number of aryl methyl sites for hydroxylation is 1. The fourth-order valence-corrected chi connectivity index (χ4v) is 1.97. The average molecular weight is 224 g/mol. The second-order valence-electron chi connectivity index (χ2n) is 3.88. The first-order valence-electron chi connectivity index (χ1n) is 5.23. The van der Waals surface area contributed by atoms with E-state index in [0.29, 0.717) is 5.56 Å². The predicted octanol–water partition coefficient (Wildman–Crippen LogP) is 2.85. The maximum absolute atomic E-state index is 11.7. The van der Waals surface area contributed by atoms with Gasteiger partial charge in [0.2, 0.25) is 0 Å². The number of fused-ring (bicyclic) bond motifs is 1. The van der Waals surface area contributed by atoms with Gasteiger partial charge in [-0.25, -0.2) is 0 Å². The Morgan fingerprint density at radius 2 is 2.33 bits per heavy atom. The van der Waals surface area contributed by atoms with Crippen molar-refractivity contribution < 1.29 is 4.79 Å². The van der Waals surface area contributed by atoms with Gasteiger partial charge in [0.1, 0.15) is 0 Å². The minimum Gasteiger partial charge on any atom is -0.385 e. The highest BCUT2D eigenvalue weighted by Gasteiger charge is 2.15. The van der Waals surface area contributed by atoms with Crippen molar-refractivity contribution in [2.45, 2.75) is 25.1 Å². The molecule has 0 saturated heterocycles. The van der Waals surface area contributed by atoms with Gasteiger partial charge in [0.05, 0.1) is 5.38 Å². The molecule has 2 nitrogen and oxygen atoms in total. The molecular weight excluding hydrogens is 210 g/mol. The molecule has 0 saturated carbocycles. The van der Waals surface area contributed by atoms with Crippen molar-refractivity contribution in [3.8, 4) is 0 Å². The number of hydrogen-bond donors (Lipinski definition) is 1. The Balaban J connectivity index is 2.32. The van der Waals surface area contributed by atoms with Crippen molar-refractivity contribution in [1.29, 1.82) is 0 Å². The monoisotopic (exact) mass is 223 g/mol. The van der Waals surface area contributed by atoms with Crippen LogP contribution in [0.25, 0.3) is 0 Å². The van der Waals surface area contributed by atoms with Crippen molar-refractivity contribution in [1.82, 2.24) is 0 Å². The second-order valence-corrected chi connectivity index (χ2v) is 4.54. The molecule has 1 aromatic rings. The molecule has 0 radical (unpaired) electrons. The van der Waals surface area contributed by atoms with Crippen molar-refractivity contribution in [3.05, 3.63) is 29.3 Å². The zero-order chi connectivity index (χ0) is 10.8. The third-order valence-corrected chi connectivity index (χ3v) is 2.89. The number of anilines is 1. The van der Waals surface area contributed by atoms with Gasteiger partial charge in [-0.15, -0.1) is 11.6 Å². The van der Waals surface area contributed by atoms with Gasteiger partial charge in [-0.1, -0.05) is 12.1 Å². The highest BCUT2D eigenvalue weighted by Crippen LogP contribution is 2.24. The fraction of sp³-hybridized carbons (Fsp3) is 0.417. The number of halogens is 1. The molecule has 0 spiro atoms. The lowest BCUT2D eigenvalue weighted by Gasteiger charge is -2.18. The van der Waals surface area contributed by atoms with Gasteiger partial charge in [0.25, 0.3) is 0 Å². The first kappa shape index (κ1) is 10.5. The van der Waals surface area contributed by atoms with Gasteiger partial charge in [0.15, 0.2) is 5.78 Å². The van der Waals surface area contributed by atoms with E-state index in [2.05, 4.69) is 5.32 Å². The molecule has 1 heterocycles. The molecule has 0 aromatic heterocycles. The molecule has 1 aromatic carbocycles. The number of Topliss-reactive ketones (excluding diaryl/α,β-unsaturated/α-hetero) is 1. The Labute approximate surface area is 94.6 Å². The first-order valence-corrected chi connectivity index (χ1v) is 5.67. The molecule has 1 unspecified atom stereocenters. The van der Waals surface area contributed by atoms with Crippen LogP contribution in [0, 0.1) is 0 Å². The van der Waals surface area contributed by atoms with Crippen LogP contribution in [0.2, 0.25) is 0 Å². The number of ketones is 1. The average Bonchev–Trinajstić information content (AvgIpc) is 2.27. The third kappa shape index (κ3) is 2.15. The van der Waals surface area contributed by atoms with Crippen LogP contribution in [0.15, 0.2) is 18.2 Å². The number of nitrogens with one attached hydrogen (secondary N) is 1. The van der Waals surface area contributed by atoms with Crippen LogP contribution in [0.5, 0.6) is 0 Å². The largest absolute Gasteiger partial charge is 0.385 e. The van der Waals surface area contributed by atoms with Crippen LogP contribution in [0.3, 0.4) is 0 Å². The number of benzene rings is 1. The van der Waals surface area contributed by atoms with Crippen molar-refractivity contribution in [2.75, 3.05) is 11.9 Å². The van der Waals surface area contributed by atoms with E-state index in [4.69, 9.17) is 11.6 Å². The summed E-state index contributed by atoms with van der Waals surface area (Å²) < 4.78 is 0. The maximum atomic E-state index is 11.7. The molecule has 2 rings (SSSR count). The van der Waals surface area contributed by atoms with Gasteiger partial charge < -0.3 is 5.32 Å². The van der Waals surface area contributed by atoms with E-state index < -0.39 is 5.38 Å². The lowest BCUT2D eigenvalue weighted by atomic mass is 9.99. The van der Waals surface area contributed by atoms with E-state index in [1.807, 2.05) is 18.2 Å². The van der Waals surface area contributed by atoms with E-state index in [-0.39, 0.29) is 5.78 Å². The normalized spacial score (nSPS) is 16.4. The quantitative estimate of drug-likeness (QED) is 0.617. The second kappa shape index (κ2) is 4.23. The topological polar surface area (TPSA) is 29.1 Å². The molecule has 3 heteroatoms. The third-order valence-electron chi connectivity index (χ3n) is 2.69. The van der Waals surface area contributed by atoms with Crippen molar-refractivity contribution in [3.63, 3.8) is 0 Å². The Morgan fingerprint density at radius 3 is 3.07 bits per heavy atom. The van der Waals surface area contributed by atoms with Gasteiger partial charge >= 0.3 is 0 Å². The molecule has 0 bridgehead atoms. The van der Waals surface area contributed by atoms with Crippen LogP contribution < -0.4 is 5.32 Å². The molecule has 1 aliphatic heterocycles. The molecule has 0 fully saturated rings. The van der Waals surface area contributed by atoms with Crippen LogP contribution in [-0.2, 0) is 6.42 Å². The van der Waals surface area contributed by atoms with Gasteiger partial charge in [-0.3, -0.25) is 4.79 Å². The zero-order valence-corrected chi connectivity index (χ0v) is 9.47. The predicted molar refractivity (Wildman–Crippen MR) is 62.9 cm³/mol. The summed E-state index contributed by atoms with van der Waals surface area (Å²) in [5, 5.41) is 2.85. The van der Waals surface area contributed by atoms with E-state index in [0.717, 1.165) is 25.1 Å². The van der Waals surface area contributed by atoms with Gasteiger partial charge in [-0.05, 0) is 31.4 Å². The summed E-state index contributed by atoms with van der Waals surface area (Å²) in [6.07, 6.45) is 2.25. The molecule has 1 N–H and O–H groups in total. The Bertz CT molecular complexity index is 387. The smallest absolute Gasteiger partial charge is 0.180 e. The number of alkyl halides is 1. The Hall–Kier alpha value is -1.02. The minimum atomic E-state index is -0.452. The summed E-state index contributed by atoms with van der Waals surface area (Å²) in [6, 6.07) is 5.80. The number of hydrogen-bond acceptors (Lipinski definition) is 2. The van der Waals surface area contributed by atoms with E-state index in [1.165, 1.54) is 5.56 Å². The summed E-state index contributed by atoms with van der Waals surface area (Å²) in [6.45, 7) is 2.69. The molecule has 15 heavy (non-hydrogen) atoms. The maximum Gasteiger partial charge on any atom is 0.180 e. The van der Waals surface area contributed by atoms with Crippen LogP contribution in [0.1, 0.15) is 29.3 Å².